The summed E-state index contributed by atoms with van der Waals surface area (Å²) in [7, 11) is -10.4. The van der Waals surface area contributed by atoms with Gasteiger partial charge in [0.1, 0.15) is 29.8 Å². The number of hydrogen-bond donors (Lipinski definition) is 2. The van der Waals surface area contributed by atoms with Gasteiger partial charge in [-0.2, -0.15) is 8.61 Å². The Morgan fingerprint density at radius 3 is 1.48 bits per heavy atom. The summed E-state index contributed by atoms with van der Waals surface area (Å²) < 4.78 is 134. The van der Waals surface area contributed by atoms with Gasteiger partial charge in [0.25, 0.3) is 0 Å². The summed E-state index contributed by atoms with van der Waals surface area (Å²) in [6.07, 6.45) is -1.90. The molecule has 22 heteroatoms. The Kier molecular flexibility index (Phi) is 14.7. The molecule has 2 aromatic carbocycles. The molecule has 2 N–H and O–H groups in total. The van der Waals surface area contributed by atoms with Crippen LogP contribution in [0.4, 0.5) is 26.3 Å². The van der Waals surface area contributed by atoms with Crippen molar-refractivity contribution in [1.29, 1.82) is 0 Å². The first kappa shape index (κ1) is 45.0. The number of carbonyl (C=O) groups is 2. The number of benzene rings is 2. The summed E-state index contributed by atoms with van der Waals surface area (Å²) in [6, 6.07) is 8.29. The molecule has 0 bridgehead atoms. The maximum Gasteiger partial charge on any atom is 0.491 e. The van der Waals surface area contributed by atoms with Gasteiger partial charge in [0.2, 0.25) is 20.0 Å². The molecular formula is C36H34BBrF6N4O8S2. The summed E-state index contributed by atoms with van der Waals surface area (Å²) in [4.78, 5) is 32.5. The van der Waals surface area contributed by atoms with Crippen molar-refractivity contribution in [3.63, 3.8) is 0 Å². The van der Waals surface area contributed by atoms with Gasteiger partial charge in [-0.15, -0.1) is 0 Å². The van der Waals surface area contributed by atoms with Crippen molar-refractivity contribution in [3.8, 4) is 0 Å². The minimum absolute atomic E-state index is 0.0310. The average molecular weight is 920 g/mol. The van der Waals surface area contributed by atoms with Gasteiger partial charge in [0.15, 0.2) is 17.4 Å². The number of hydrogen-bond acceptors (Lipinski definition) is 10. The fourth-order valence-corrected chi connectivity index (χ4v) is 10.0. The highest BCUT2D eigenvalue weighted by molar-refractivity contribution is 9.10. The van der Waals surface area contributed by atoms with Crippen LogP contribution in [-0.4, -0.2) is 102 Å². The molecule has 4 aromatic rings. The molecule has 4 heterocycles. The molecule has 6 rings (SSSR count). The van der Waals surface area contributed by atoms with Gasteiger partial charge in [0, 0.05) is 55.6 Å². The maximum atomic E-state index is 14.0. The summed E-state index contributed by atoms with van der Waals surface area (Å²) in [5.74, 6) is -3.71. The number of Topliss-reactive ketones (excluding diaryl/α,β-unsaturated/α-hetero) is 2. The van der Waals surface area contributed by atoms with Gasteiger partial charge in [-0.3, -0.25) is 19.6 Å². The number of alkyl halides is 2. The molecule has 0 spiro atoms. The lowest BCUT2D eigenvalue weighted by Crippen LogP contribution is -2.40. The number of halogens is 7. The molecule has 4 atom stereocenters. The summed E-state index contributed by atoms with van der Waals surface area (Å²) in [5, 5.41) is 18.3. The Labute approximate surface area is 338 Å². The lowest BCUT2D eigenvalue weighted by Gasteiger charge is -2.22. The van der Waals surface area contributed by atoms with Crippen LogP contribution in [0.5, 0.6) is 0 Å². The van der Waals surface area contributed by atoms with E-state index in [0.29, 0.717) is 5.69 Å². The van der Waals surface area contributed by atoms with Gasteiger partial charge < -0.3 is 10.0 Å². The third-order valence-corrected chi connectivity index (χ3v) is 13.7. The monoisotopic (exact) mass is 918 g/mol. The highest BCUT2D eigenvalue weighted by atomic mass is 79.9. The first-order valence-corrected chi connectivity index (χ1v) is 21.1. The predicted molar refractivity (Wildman–Crippen MR) is 200 cm³/mol. The van der Waals surface area contributed by atoms with E-state index in [2.05, 4.69) is 25.9 Å². The minimum Gasteiger partial charge on any atom is -0.423 e. The van der Waals surface area contributed by atoms with Gasteiger partial charge in [0.05, 0.1) is 38.7 Å². The summed E-state index contributed by atoms with van der Waals surface area (Å²) in [5.41, 5.74) is 0.234. The zero-order chi connectivity index (χ0) is 42.5. The lowest BCUT2D eigenvalue weighted by atomic mass is 9.80. The van der Waals surface area contributed by atoms with Gasteiger partial charge in [-0.25, -0.2) is 43.2 Å². The van der Waals surface area contributed by atoms with E-state index in [-0.39, 0.29) is 58.5 Å². The van der Waals surface area contributed by atoms with Crippen molar-refractivity contribution in [1.82, 2.24) is 18.6 Å². The van der Waals surface area contributed by atoms with E-state index in [1.54, 1.807) is 0 Å². The second-order valence-corrected chi connectivity index (χ2v) is 18.0. The lowest BCUT2D eigenvalue weighted by molar-refractivity contribution is -0.122. The first-order chi connectivity index (χ1) is 27.3. The number of sulfonamides is 2. The quantitative estimate of drug-likeness (QED) is 0.149. The number of pyridine rings is 2. The maximum absolute atomic E-state index is 14.0. The van der Waals surface area contributed by atoms with Crippen molar-refractivity contribution < 1.29 is 62.8 Å². The molecule has 2 fully saturated rings. The molecular weight excluding hydrogens is 885 g/mol. The van der Waals surface area contributed by atoms with Crippen LogP contribution in [0, 0.1) is 23.3 Å². The summed E-state index contributed by atoms with van der Waals surface area (Å²) in [6.45, 7) is -0.928. The number of ketones is 2. The van der Waals surface area contributed by atoms with Crippen molar-refractivity contribution in [2.24, 2.45) is 0 Å². The molecule has 310 valence electrons. The Balaban J connectivity index is 0.000000221. The van der Waals surface area contributed by atoms with Gasteiger partial charge in [-0.05, 0) is 89.4 Å². The van der Waals surface area contributed by atoms with E-state index in [9.17, 15) is 52.8 Å². The van der Waals surface area contributed by atoms with Crippen LogP contribution in [0.3, 0.4) is 0 Å². The molecule has 58 heavy (non-hydrogen) atoms. The molecule has 2 aliphatic heterocycles. The van der Waals surface area contributed by atoms with Crippen LogP contribution in [-0.2, 0) is 42.5 Å². The van der Waals surface area contributed by atoms with Crippen LogP contribution < -0.4 is 5.46 Å². The van der Waals surface area contributed by atoms with Gasteiger partial charge in [-0.1, -0.05) is 0 Å². The Morgan fingerprint density at radius 1 is 0.690 bits per heavy atom. The number of aromatic nitrogens is 2. The van der Waals surface area contributed by atoms with Crippen molar-refractivity contribution >= 4 is 60.1 Å². The first-order valence-electron chi connectivity index (χ1n) is 17.5. The fourth-order valence-electron chi connectivity index (χ4n) is 6.37. The highest BCUT2D eigenvalue weighted by Crippen LogP contribution is 2.31. The molecule has 0 unspecified atom stereocenters. The molecule has 0 amide bonds. The van der Waals surface area contributed by atoms with Crippen LogP contribution in [0.1, 0.15) is 37.1 Å². The Morgan fingerprint density at radius 2 is 1.09 bits per heavy atom. The number of aryl methyl sites for hydroxylation is 2. The van der Waals surface area contributed by atoms with E-state index in [4.69, 9.17) is 10.0 Å². The van der Waals surface area contributed by atoms with Crippen LogP contribution in [0.2, 0.25) is 0 Å². The fraction of sp³-hybridized carbons (Fsp3) is 0.333. The zero-order valence-corrected chi connectivity index (χ0v) is 33.3. The average Bonchev–Trinajstić information content (AvgIpc) is 3.79. The number of carbonyl (C=O) groups excluding carboxylic acids is 2. The van der Waals surface area contributed by atoms with E-state index < -0.39 is 105 Å². The minimum atomic E-state index is -4.21. The zero-order valence-electron chi connectivity index (χ0n) is 30.1. The second kappa shape index (κ2) is 18.9. The predicted octanol–water partition coefficient (Wildman–Crippen LogP) is 3.77. The van der Waals surface area contributed by atoms with Crippen LogP contribution in [0.15, 0.2) is 87.3 Å². The topological polar surface area (TPSA) is 175 Å². The Hall–Kier alpha value is -4.06. The SMILES string of the molecule is O=C(CCc1cc(B(O)O)c(F)cn1)[C@@H]1C[C@@H](F)CN1S(=O)(=O)c1ccc(F)cc1.O=C(CCc1cc(Br)c(F)cn1)[C@@H]1C[C@@H](F)CN1S(=O)(=O)c1ccc(F)cc1. The van der Waals surface area contributed by atoms with E-state index in [1.807, 2.05) is 0 Å². The summed E-state index contributed by atoms with van der Waals surface area (Å²) >= 11 is 3.03. The molecule has 2 aliphatic rings. The molecule has 2 aromatic heterocycles. The van der Waals surface area contributed by atoms with E-state index >= 15 is 0 Å². The molecule has 12 nitrogen and oxygen atoms in total. The van der Waals surface area contributed by atoms with E-state index in [0.717, 1.165) is 75.6 Å². The largest absolute Gasteiger partial charge is 0.491 e. The van der Waals surface area contributed by atoms with E-state index in [1.165, 1.54) is 6.07 Å². The van der Waals surface area contributed by atoms with Crippen LogP contribution >= 0.6 is 15.9 Å². The molecule has 0 aliphatic carbocycles. The highest BCUT2D eigenvalue weighted by Gasteiger charge is 2.45. The van der Waals surface area contributed by atoms with Gasteiger partial charge >= 0.3 is 7.12 Å². The number of nitrogens with zero attached hydrogens (tertiary/aromatic N) is 4. The van der Waals surface area contributed by atoms with Crippen molar-refractivity contribution in [3.05, 3.63) is 112 Å². The van der Waals surface area contributed by atoms with Crippen molar-refractivity contribution in [2.75, 3.05) is 13.1 Å². The van der Waals surface area contributed by atoms with Crippen LogP contribution in [0.25, 0.3) is 0 Å². The Bertz CT molecular complexity index is 2350. The second-order valence-electron chi connectivity index (χ2n) is 13.3. The third-order valence-electron chi connectivity index (χ3n) is 9.33. The standard InChI is InChI=1S/C18H18BF3N2O5S.C18H16BrF3N2O3S/c20-11-1-4-14(5-2-11)30(28,29)24-10-12(21)7-17(24)18(25)6-3-13-8-15(19(26)27)16(22)9-23-13;19-15-8-13(23-9-16(15)22)3-6-18(25)17-7-12(21)10-24(17)28(26,27)14-4-1-11(20)2-5-14/h1-2,4-5,8-9,12,17,26-27H,3,6-7,10H2;1-2,4-5,8-9,12,17H,3,6-7,10H2/t2*12-,17+/m11/s1. The third kappa shape index (κ3) is 10.8. The molecule has 2 saturated heterocycles. The molecule has 0 saturated carbocycles. The smallest absolute Gasteiger partial charge is 0.423 e. The molecule has 0 radical (unpaired) electrons. The number of rotatable bonds is 13. The van der Waals surface area contributed by atoms with Crippen molar-refractivity contribution in [2.45, 2.75) is 72.7 Å². The normalized spacial score (nSPS) is 20.1.